The van der Waals surface area contributed by atoms with Crippen LogP contribution in [0.5, 0.6) is 0 Å². The van der Waals surface area contributed by atoms with Crippen LogP contribution in [0.3, 0.4) is 0 Å². The standard InChI is InChI=1S/C18H21N5O2/c1-22(2)16-9-7-14(8-10-16)17-12-23(21-19-17)11-13-3-5-15(6-4-13)18(24)20-25/h3-10,12,19,21,25H,11H2,1-2H3,(H,20,24). The zero-order valence-corrected chi connectivity index (χ0v) is 14.2. The number of nitrogens with one attached hydrogen (secondary N) is 3. The largest absolute Gasteiger partial charge is 0.378 e. The molecule has 0 unspecified atom stereocenters. The minimum absolute atomic E-state index is 0.413. The highest BCUT2D eigenvalue weighted by Crippen LogP contribution is 2.20. The molecule has 4 N–H and O–H groups in total. The monoisotopic (exact) mass is 339 g/mol. The van der Waals surface area contributed by atoms with Gasteiger partial charge in [0.1, 0.15) is 0 Å². The van der Waals surface area contributed by atoms with Crippen LogP contribution < -0.4 is 21.3 Å². The van der Waals surface area contributed by atoms with Gasteiger partial charge in [0.2, 0.25) is 0 Å². The molecular formula is C18H21N5O2. The van der Waals surface area contributed by atoms with Crippen LogP contribution in [-0.2, 0) is 6.54 Å². The van der Waals surface area contributed by atoms with Crippen molar-refractivity contribution in [1.29, 1.82) is 0 Å². The third kappa shape index (κ3) is 3.90. The third-order valence-electron chi connectivity index (χ3n) is 3.98. The molecule has 0 atom stereocenters. The smallest absolute Gasteiger partial charge is 0.274 e. The summed E-state index contributed by atoms with van der Waals surface area (Å²) in [6.07, 6.45) is 2.00. The zero-order valence-electron chi connectivity index (χ0n) is 14.2. The molecule has 0 saturated heterocycles. The van der Waals surface area contributed by atoms with E-state index in [0.29, 0.717) is 12.1 Å². The fourth-order valence-corrected chi connectivity index (χ4v) is 2.55. The molecule has 0 radical (unpaired) electrons. The number of benzene rings is 2. The van der Waals surface area contributed by atoms with Gasteiger partial charge in [0.25, 0.3) is 5.91 Å². The molecule has 7 nitrogen and oxygen atoms in total. The summed E-state index contributed by atoms with van der Waals surface area (Å²) in [6, 6.07) is 15.3. The Morgan fingerprint density at radius 2 is 1.80 bits per heavy atom. The maximum Gasteiger partial charge on any atom is 0.274 e. The molecule has 1 amide bonds. The Morgan fingerprint density at radius 1 is 1.12 bits per heavy atom. The number of hydrazine groups is 2. The maximum absolute atomic E-state index is 11.3. The van der Waals surface area contributed by atoms with Gasteiger partial charge in [-0.3, -0.25) is 15.0 Å². The lowest BCUT2D eigenvalue weighted by atomic mass is 10.1. The lowest BCUT2D eigenvalue weighted by Gasteiger charge is -2.15. The number of anilines is 1. The second-order valence-corrected chi connectivity index (χ2v) is 5.99. The van der Waals surface area contributed by atoms with Crippen LogP contribution >= 0.6 is 0 Å². The van der Waals surface area contributed by atoms with Gasteiger partial charge in [-0.1, -0.05) is 24.3 Å². The summed E-state index contributed by atoms with van der Waals surface area (Å²) < 4.78 is 0. The van der Waals surface area contributed by atoms with Gasteiger partial charge in [0.05, 0.1) is 12.2 Å². The fourth-order valence-electron chi connectivity index (χ4n) is 2.55. The van der Waals surface area contributed by atoms with Gasteiger partial charge in [0, 0.05) is 37.1 Å². The summed E-state index contributed by atoms with van der Waals surface area (Å²) in [6.45, 7) is 0.632. The van der Waals surface area contributed by atoms with Gasteiger partial charge < -0.3 is 10.3 Å². The van der Waals surface area contributed by atoms with Gasteiger partial charge in [-0.2, -0.15) is 0 Å². The summed E-state index contributed by atoms with van der Waals surface area (Å²) in [4.78, 5) is 13.4. The first kappa shape index (κ1) is 16.8. The van der Waals surface area contributed by atoms with Crippen LogP contribution in [0.1, 0.15) is 21.5 Å². The van der Waals surface area contributed by atoms with Crippen molar-refractivity contribution in [3.05, 3.63) is 71.4 Å². The Bertz CT molecular complexity index is 769. The highest BCUT2D eigenvalue weighted by molar-refractivity contribution is 5.93. The molecule has 1 aliphatic rings. The maximum atomic E-state index is 11.3. The number of rotatable bonds is 5. The van der Waals surface area contributed by atoms with Crippen LogP contribution in [-0.4, -0.2) is 30.2 Å². The molecule has 0 aliphatic carbocycles. The van der Waals surface area contributed by atoms with Gasteiger partial charge in [0.15, 0.2) is 0 Å². The third-order valence-corrected chi connectivity index (χ3v) is 3.98. The van der Waals surface area contributed by atoms with Crippen molar-refractivity contribution < 1.29 is 10.0 Å². The van der Waals surface area contributed by atoms with Crippen molar-refractivity contribution in [2.75, 3.05) is 19.0 Å². The quantitative estimate of drug-likeness (QED) is 0.490. The Labute approximate surface area is 146 Å². The SMILES string of the molecule is CN(C)c1ccc(C2=CN(Cc3ccc(C(=O)NO)cc3)NN2)cc1. The normalized spacial score (nSPS) is 13.2. The molecule has 0 fully saturated rings. The van der Waals surface area contributed by atoms with Gasteiger partial charge >= 0.3 is 0 Å². The highest BCUT2D eigenvalue weighted by Gasteiger charge is 2.13. The lowest BCUT2D eigenvalue weighted by Crippen LogP contribution is -2.35. The highest BCUT2D eigenvalue weighted by atomic mass is 16.5. The molecule has 1 heterocycles. The van der Waals surface area contributed by atoms with E-state index in [9.17, 15) is 4.79 Å². The summed E-state index contributed by atoms with van der Waals surface area (Å²) >= 11 is 0. The minimum atomic E-state index is -0.518. The second-order valence-electron chi connectivity index (χ2n) is 5.99. The molecule has 130 valence electrons. The molecule has 3 rings (SSSR count). The zero-order chi connectivity index (χ0) is 17.8. The summed E-state index contributed by atoms with van der Waals surface area (Å²) in [5, 5.41) is 10.6. The van der Waals surface area contributed by atoms with Crippen molar-refractivity contribution in [3.63, 3.8) is 0 Å². The Kier molecular flexibility index (Phi) is 4.87. The minimum Gasteiger partial charge on any atom is -0.378 e. The number of carbonyl (C=O) groups excluding carboxylic acids is 1. The van der Waals surface area contributed by atoms with Crippen molar-refractivity contribution in [2.45, 2.75) is 6.54 Å². The molecule has 2 aromatic rings. The topological polar surface area (TPSA) is 79.9 Å². The van der Waals surface area contributed by atoms with Crippen LogP contribution in [0.25, 0.3) is 5.70 Å². The first-order chi connectivity index (χ1) is 12.1. The number of nitrogens with zero attached hydrogens (tertiary/aromatic N) is 2. The first-order valence-corrected chi connectivity index (χ1v) is 7.88. The van der Waals surface area contributed by atoms with Crippen molar-refractivity contribution in [3.8, 4) is 0 Å². The van der Waals surface area contributed by atoms with E-state index >= 15 is 0 Å². The molecule has 25 heavy (non-hydrogen) atoms. The van der Waals surface area contributed by atoms with E-state index in [1.165, 1.54) is 0 Å². The number of amides is 1. The van der Waals surface area contributed by atoms with Crippen LogP contribution in [0.4, 0.5) is 5.69 Å². The Morgan fingerprint density at radius 3 is 2.40 bits per heavy atom. The molecule has 0 bridgehead atoms. The van der Waals surface area contributed by atoms with Crippen molar-refractivity contribution in [1.82, 2.24) is 21.4 Å². The van der Waals surface area contributed by atoms with E-state index in [0.717, 1.165) is 22.5 Å². The molecule has 0 saturated carbocycles. The van der Waals surface area contributed by atoms with E-state index in [-0.39, 0.29) is 0 Å². The van der Waals surface area contributed by atoms with E-state index in [2.05, 4.69) is 40.1 Å². The summed E-state index contributed by atoms with van der Waals surface area (Å²) in [7, 11) is 4.03. The van der Waals surface area contributed by atoms with Gasteiger partial charge in [-0.05, 0) is 29.8 Å². The first-order valence-electron chi connectivity index (χ1n) is 7.88. The van der Waals surface area contributed by atoms with Crippen LogP contribution in [0.15, 0.2) is 54.7 Å². The summed E-state index contributed by atoms with van der Waals surface area (Å²) in [5.74, 6) is -0.518. The van der Waals surface area contributed by atoms with Crippen molar-refractivity contribution >= 4 is 17.3 Å². The average Bonchev–Trinajstić information content (AvgIpc) is 3.10. The van der Waals surface area contributed by atoms with Crippen molar-refractivity contribution in [2.24, 2.45) is 0 Å². The van der Waals surface area contributed by atoms with Gasteiger partial charge in [-0.15, -0.1) is 5.53 Å². The molecule has 0 aromatic heterocycles. The predicted molar refractivity (Wildman–Crippen MR) is 96.3 cm³/mol. The number of carbonyl (C=O) groups is 1. The van der Waals surface area contributed by atoms with E-state index in [1.807, 2.05) is 37.4 Å². The lowest BCUT2D eigenvalue weighted by molar-refractivity contribution is 0.0706. The number of hydrogen-bond acceptors (Lipinski definition) is 6. The molecule has 2 aromatic carbocycles. The van der Waals surface area contributed by atoms with E-state index in [1.54, 1.807) is 17.6 Å². The van der Waals surface area contributed by atoms with E-state index < -0.39 is 5.91 Å². The molecular weight excluding hydrogens is 318 g/mol. The second kappa shape index (κ2) is 7.25. The number of hydroxylamine groups is 1. The Hall–Kier alpha value is -3.03. The fraction of sp³-hybridized carbons (Fsp3) is 0.167. The van der Waals surface area contributed by atoms with E-state index in [4.69, 9.17) is 5.21 Å². The number of hydrogen-bond donors (Lipinski definition) is 4. The summed E-state index contributed by atoms with van der Waals surface area (Å²) in [5.41, 5.74) is 12.6. The Balaban J connectivity index is 1.66. The van der Waals surface area contributed by atoms with Crippen LogP contribution in [0, 0.1) is 0 Å². The predicted octanol–water partition coefficient (Wildman–Crippen LogP) is 1.69. The molecule has 1 aliphatic heterocycles. The molecule has 0 spiro atoms. The average molecular weight is 339 g/mol. The van der Waals surface area contributed by atoms with Crippen LogP contribution in [0.2, 0.25) is 0 Å². The van der Waals surface area contributed by atoms with Gasteiger partial charge in [-0.25, -0.2) is 5.48 Å². The molecule has 7 heteroatoms.